The highest BCUT2D eigenvalue weighted by Crippen LogP contribution is 2.21. The van der Waals surface area contributed by atoms with Gasteiger partial charge in [0.2, 0.25) is 10.0 Å². The number of ether oxygens (including phenoxy) is 1. The van der Waals surface area contributed by atoms with Gasteiger partial charge in [0.05, 0.1) is 18.6 Å². The Bertz CT molecular complexity index is 1150. The molecular weight excluding hydrogens is 440 g/mol. The third-order valence-corrected chi connectivity index (χ3v) is 6.93. The van der Waals surface area contributed by atoms with E-state index in [1.807, 2.05) is 37.3 Å². The molecule has 0 saturated carbocycles. The van der Waals surface area contributed by atoms with E-state index in [0.29, 0.717) is 12.4 Å². The van der Waals surface area contributed by atoms with Crippen molar-refractivity contribution in [1.29, 1.82) is 0 Å². The lowest BCUT2D eigenvalue weighted by Crippen LogP contribution is -2.40. The van der Waals surface area contributed by atoms with Crippen LogP contribution in [0.3, 0.4) is 0 Å². The van der Waals surface area contributed by atoms with E-state index in [-0.39, 0.29) is 18.0 Å². The molecule has 0 aliphatic carbocycles. The number of rotatable bonds is 10. The zero-order chi connectivity index (χ0) is 23.8. The molecule has 0 bridgehead atoms. The molecule has 3 rings (SSSR count). The van der Waals surface area contributed by atoms with Gasteiger partial charge in [0.15, 0.2) is 0 Å². The summed E-state index contributed by atoms with van der Waals surface area (Å²) in [6.45, 7) is 1.99. The minimum absolute atomic E-state index is 0.0263. The van der Waals surface area contributed by atoms with E-state index in [4.69, 9.17) is 9.57 Å². The Labute approximate surface area is 195 Å². The molecule has 0 heterocycles. The number of carbonyl (C=O) groups is 1. The van der Waals surface area contributed by atoms with Crippen LogP contribution < -0.4 is 4.74 Å². The Hall–Kier alpha value is -3.20. The summed E-state index contributed by atoms with van der Waals surface area (Å²) in [7, 11) is -1.12. The largest absolute Gasteiger partial charge is 0.489 e. The molecule has 8 heteroatoms. The molecule has 0 spiro atoms. The van der Waals surface area contributed by atoms with Crippen molar-refractivity contribution in [3.05, 3.63) is 95.6 Å². The van der Waals surface area contributed by atoms with Crippen molar-refractivity contribution in [3.8, 4) is 5.75 Å². The van der Waals surface area contributed by atoms with E-state index in [2.05, 4.69) is 0 Å². The molecule has 0 aliphatic heterocycles. The molecule has 0 atom stereocenters. The first kappa shape index (κ1) is 24.4. The fraction of sp³-hybridized carbons (Fsp3) is 0.240. The molecule has 33 heavy (non-hydrogen) atoms. The molecule has 0 unspecified atom stereocenters. The van der Waals surface area contributed by atoms with E-state index in [1.165, 1.54) is 14.2 Å². The van der Waals surface area contributed by atoms with Crippen LogP contribution in [0.2, 0.25) is 0 Å². The van der Waals surface area contributed by atoms with Crippen LogP contribution in [-0.2, 0) is 32.8 Å². The minimum atomic E-state index is -3.91. The van der Waals surface area contributed by atoms with Gasteiger partial charge in [-0.2, -0.15) is 4.31 Å². The van der Waals surface area contributed by atoms with Gasteiger partial charge in [-0.05, 0) is 42.3 Å². The Balaban J connectivity index is 1.77. The second kappa shape index (κ2) is 11.1. The van der Waals surface area contributed by atoms with Gasteiger partial charge in [-0.1, -0.05) is 60.2 Å². The third-order valence-electron chi connectivity index (χ3n) is 5.13. The summed E-state index contributed by atoms with van der Waals surface area (Å²) in [5.74, 6) is 0.196. The lowest BCUT2D eigenvalue weighted by atomic mass is 10.2. The van der Waals surface area contributed by atoms with Crippen molar-refractivity contribution in [2.24, 2.45) is 0 Å². The first-order chi connectivity index (χ1) is 15.8. The van der Waals surface area contributed by atoms with Crippen molar-refractivity contribution < 1.29 is 22.8 Å². The molecule has 3 aromatic carbocycles. The number of nitrogens with zero attached hydrogens (tertiary/aromatic N) is 2. The molecule has 0 aromatic heterocycles. The number of aryl methyl sites for hydroxylation is 1. The molecule has 174 valence electrons. The quantitative estimate of drug-likeness (QED) is 0.423. The molecule has 1 amide bonds. The standard InChI is InChI=1S/C25H28N2O5S/c1-20-9-15-24(16-10-20)33(29,30)27(18-25(28)26(2)31-3)17-21-11-13-23(14-12-21)32-19-22-7-5-4-6-8-22/h4-16H,17-19H2,1-3H3. The number of hydrogen-bond acceptors (Lipinski definition) is 5. The SMILES string of the molecule is CON(C)C(=O)CN(Cc1ccc(OCc2ccccc2)cc1)S(=O)(=O)c1ccc(C)cc1. The van der Waals surface area contributed by atoms with Crippen LogP contribution in [0.5, 0.6) is 5.75 Å². The normalized spacial score (nSPS) is 11.4. The fourth-order valence-corrected chi connectivity index (χ4v) is 4.45. The van der Waals surface area contributed by atoms with E-state index in [1.54, 1.807) is 48.5 Å². The number of benzene rings is 3. The lowest BCUT2D eigenvalue weighted by Gasteiger charge is -2.24. The van der Waals surface area contributed by atoms with Crippen LogP contribution >= 0.6 is 0 Å². The van der Waals surface area contributed by atoms with Gasteiger partial charge in [0.25, 0.3) is 5.91 Å². The smallest absolute Gasteiger partial charge is 0.261 e. The number of hydroxylamine groups is 2. The second-order valence-corrected chi connectivity index (χ2v) is 9.52. The Morgan fingerprint density at radius 2 is 1.52 bits per heavy atom. The van der Waals surface area contributed by atoms with Crippen LogP contribution in [-0.4, -0.2) is 44.4 Å². The molecule has 0 aliphatic rings. The van der Waals surface area contributed by atoms with Crippen molar-refractivity contribution >= 4 is 15.9 Å². The predicted molar refractivity (Wildman–Crippen MR) is 126 cm³/mol. The van der Waals surface area contributed by atoms with Gasteiger partial charge in [-0.25, -0.2) is 13.5 Å². The monoisotopic (exact) mass is 468 g/mol. The van der Waals surface area contributed by atoms with Crippen molar-refractivity contribution in [1.82, 2.24) is 9.37 Å². The van der Waals surface area contributed by atoms with E-state index >= 15 is 0 Å². The highest BCUT2D eigenvalue weighted by molar-refractivity contribution is 7.89. The third kappa shape index (κ3) is 6.64. The van der Waals surface area contributed by atoms with Crippen LogP contribution in [0, 0.1) is 6.92 Å². The summed E-state index contributed by atoms with van der Waals surface area (Å²) < 4.78 is 33.6. The van der Waals surface area contributed by atoms with Crippen LogP contribution in [0.15, 0.2) is 83.8 Å². The highest BCUT2D eigenvalue weighted by atomic mass is 32.2. The van der Waals surface area contributed by atoms with Crippen LogP contribution in [0.4, 0.5) is 0 Å². The summed E-state index contributed by atoms with van der Waals surface area (Å²) in [6.07, 6.45) is 0. The van der Waals surface area contributed by atoms with E-state index < -0.39 is 15.9 Å². The zero-order valence-corrected chi connectivity index (χ0v) is 19.8. The first-order valence-corrected chi connectivity index (χ1v) is 11.9. The summed E-state index contributed by atoms with van der Waals surface area (Å²) in [4.78, 5) is 17.5. The topological polar surface area (TPSA) is 76.2 Å². The van der Waals surface area contributed by atoms with Gasteiger partial charge in [0.1, 0.15) is 12.4 Å². The van der Waals surface area contributed by atoms with E-state index in [0.717, 1.165) is 26.1 Å². The lowest BCUT2D eigenvalue weighted by molar-refractivity contribution is -0.168. The predicted octanol–water partition coefficient (Wildman–Crippen LogP) is 3.78. The summed E-state index contributed by atoms with van der Waals surface area (Å²) in [5, 5.41) is 1.01. The van der Waals surface area contributed by atoms with Crippen molar-refractivity contribution in [2.45, 2.75) is 25.0 Å². The van der Waals surface area contributed by atoms with E-state index in [9.17, 15) is 13.2 Å². The molecule has 0 saturated heterocycles. The van der Waals surface area contributed by atoms with Gasteiger partial charge >= 0.3 is 0 Å². The zero-order valence-electron chi connectivity index (χ0n) is 19.0. The number of sulfonamides is 1. The van der Waals surface area contributed by atoms with Gasteiger partial charge in [-0.15, -0.1) is 0 Å². The summed E-state index contributed by atoms with van der Waals surface area (Å²) in [5.41, 5.74) is 2.73. The Morgan fingerprint density at radius 3 is 2.12 bits per heavy atom. The maximum atomic E-state index is 13.3. The van der Waals surface area contributed by atoms with Gasteiger partial charge < -0.3 is 4.74 Å². The van der Waals surface area contributed by atoms with Crippen molar-refractivity contribution in [2.75, 3.05) is 20.7 Å². The Morgan fingerprint density at radius 1 is 0.879 bits per heavy atom. The maximum absolute atomic E-state index is 13.3. The van der Waals surface area contributed by atoms with Crippen LogP contribution in [0.25, 0.3) is 0 Å². The number of likely N-dealkylation sites (N-methyl/N-ethyl adjacent to an activating group) is 1. The summed E-state index contributed by atoms with van der Waals surface area (Å²) in [6, 6.07) is 23.5. The average Bonchev–Trinajstić information content (AvgIpc) is 2.83. The Kier molecular flexibility index (Phi) is 8.21. The maximum Gasteiger partial charge on any atom is 0.261 e. The minimum Gasteiger partial charge on any atom is -0.489 e. The van der Waals surface area contributed by atoms with Gasteiger partial charge in [-0.3, -0.25) is 9.63 Å². The number of hydrogen-bond donors (Lipinski definition) is 0. The molecule has 3 aromatic rings. The van der Waals surface area contributed by atoms with Crippen molar-refractivity contribution in [3.63, 3.8) is 0 Å². The first-order valence-electron chi connectivity index (χ1n) is 10.4. The molecule has 0 radical (unpaired) electrons. The highest BCUT2D eigenvalue weighted by Gasteiger charge is 2.28. The number of amides is 1. The number of carbonyl (C=O) groups excluding carboxylic acids is 1. The van der Waals surface area contributed by atoms with Crippen LogP contribution in [0.1, 0.15) is 16.7 Å². The molecule has 0 fully saturated rings. The summed E-state index contributed by atoms with van der Waals surface area (Å²) >= 11 is 0. The average molecular weight is 469 g/mol. The molecule has 7 nitrogen and oxygen atoms in total. The van der Waals surface area contributed by atoms with Gasteiger partial charge in [0, 0.05) is 13.6 Å². The molecule has 0 N–H and O–H groups in total. The molecular formula is C25H28N2O5S. The second-order valence-electron chi connectivity index (χ2n) is 7.58. The fourth-order valence-electron chi connectivity index (χ4n) is 3.07.